The van der Waals surface area contributed by atoms with Crippen molar-refractivity contribution in [2.45, 2.75) is 38.6 Å². The number of fused-ring (bicyclic) bond motifs is 1. The summed E-state index contributed by atoms with van der Waals surface area (Å²) in [4.78, 5) is 36.2. The molecule has 1 unspecified atom stereocenters. The lowest BCUT2D eigenvalue weighted by Crippen LogP contribution is -2.30. The number of halogens is 3. The van der Waals surface area contributed by atoms with Crippen LogP contribution < -0.4 is 5.32 Å². The minimum Gasteiger partial charge on any atom is -0.346 e. The topological polar surface area (TPSA) is 87.7 Å². The van der Waals surface area contributed by atoms with Crippen LogP contribution in [0.4, 0.5) is 0 Å². The van der Waals surface area contributed by atoms with Crippen LogP contribution in [-0.4, -0.2) is 26.6 Å². The Labute approximate surface area is 183 Å². The van der Waals surface area contributed by atoms with Crippen LogP contribution in [0.2, 0.25) is 15.2 Å². The van der Waals surface area contributed by atoms with E-state index in [1.807, 2.05) is 0 Å². The molecule has 2 heterocycles. The first kappa shape index (κ1) is 21.6. The van der Waals surface area contributed by atoms with E-state index < -0.39 is 6.04 Å². The maximum atomic E-state index is 12.6. The monoisotopic (exact) mass is 452 g/mol. The number of benzene rings is 1. The molecule has 9 heteroatoms. The third kappa shape index (κ3) is 5.92. The Kier molecular flexibility index (Phi) is 7.11. The van der Waals surface area contributed by atoms with E-state index in [0.717, 1.165) is 5.56 Å². The molecule has 0 fully saturated rings. The van der Waals surface area contributed by atoms with Gasteiger partial charge in [-0.1, -0.05) is 41.7 Å². The molecule has 1 amide bonds. The molecule has 0 bridgehead atoms. The highest BCUT2D eigenvalue weighted by Crippen LogP contribution is 2.22. The number of H-pyrrole nitrogens is 1. The standard InChI is InChI=1S/C20H19Cl3N4O2/c1-2-18(29)24-16(20-25-15-5-6-17(23)26-19(15)27-20)10-14(28)4-3-11-7-12(21)9-13(22)8-11/h5-9,16H,2-4,10H2,1H3,(H,24,29)(H,25,26,27). The van der Waals surface area contributed by atoms with Gasteiger partial charge in [-0.25, -0.2) is 9.97 Å². The van der Waals surface area contributed by atoms with Crippen molar-refractivity contribution in [3.05, 3.63) is 56.9 Å². The number of ketones is 1. The van der Waals surface area contributed by atoms with Gasteiger partial charge in [0.2, 0.25) is 5.91 Å². The first-order valence-corrected chi connectivity index (χ1v) is 10.3. The van der Waals surface area contributed by atoms with E-state index in [9.17, 15) is 9.59 Å². The van der Waals surface area contributed by atoms with Crippen molar-refractivity contribution in [2.24, 2.45) is 0 Å². The molecule has 29 heavy (non-hydrogen) atoms. The van der Waals surface area contributed by atoms with Crippen molar-refractivity contribution in [3.8, 4) is 0 Å². The van der Waals surface area contributed by atoms with Gasteiger partial charge in [0.05, 0.1) is 11.6 Å². The van der Waals surface area contributed by atoms with Gasteiger partial charge >= 0.3 is 0 Å². The summed E-state index contributed by atoms with van der Waals surface area (Å²) in [6, 6.07) is 8.03. The Morgan fingerprint density at radius 2 is 1.83 bits per heavy atom. The number of hydrogen-bond donors (Lipinski definition) is 2. The normalized spacial score (nSPS) is 12.1. The molecule has 3 rings (SSSR count). The number of pyridine rings is 1. The number of aryl methyl sites for hydroxylation is 1. The summed E-state index contributed by atoms with van der Waals surface area (Å²) in [5.41, 5.74) is 2.00. The van der Waals surface area contributed by atoms with Gasteiger partial charge in [0, 0.05) is 29.3 Å². The van der Waals surface area contributed by atoms with Crippen LogP contribution >= 0.6 is 34.8 Å². The van der Waals surface area contributed by atoms with E-state index in [2.05, 4.69) is 20.3 Å². The Bertz CT molecular complexity index is 1030. The molecule has 0 saturated carbocycles. The van der Waals surface area contributed by atoms with Crippen LogP contribution in [-0.2, 0) is 16.0 Å². The minimum absolute atomic E-state index is 0.0195. The molecule has 0 aliphatic rings. The van der Waals surface area contributed by atoms with E-state index in [1.165, 1.54) is 0 Å². The van der Waals surface area contributed by atoms with Crippen LogP contribution in [0.25, 0.3) is 11.2 Å². The molecule has 6 nitrogen and oxygen atoms in total. The summed E-state index contributed by atoms with van der Waals surface area (Å²) in [7, 11) is 0. The van der Waals surface area contributed by atoms with Crippen molar-refractivity contribution < 1.29 is 9.59 Å². The smallest absolute Gasteiger partial charge is 0.220 e. The fourth-order valence-electron chi connectivity index (χ4n) is 2.93. The van der Waals surface area contributed by atoms with Crippen molar-refractivity contribution in [1.82, 2.24) is 20.3 Å². The lowest BCUT2D eigenvalue weighted by atomic mass is 10.0. The molecular weight excluding hydrogens is 435 g/mol. The lowest BCUT2D eigenvalue weighted by Gasteiger charge is -2.15. The Hall–Kier alpha value is -2.15. The highest BCUT2D eigenvalue weighted by atomic mass is 35.5. The Morgan fingerprint density at radius 1 is 1.10 bits per heavy atom. The van der Waals surface area contributed by atoms with Crippen molar-refractivity contribution in [2.75, 3.05) is 0 Å². The Morgan fingerprint density at radius 3 is 2.52 bits per heavy atom. The van der Waals surface area contributed by atoms with Gasteiger partial charge in [-0.05, 0) is 42.3 Å². The van der Waals surface area contributed by atoms with Crippen LogP contribution in [0.5, 0.6) is 0 Å². The molecule has 152 valence electrons. The fourth-order valence-corrected chi connectivity index (χ4v) is 3.65. The summed E-state index contributed by atoms with van der Waals surface area (Å²) in [5.74, 6) is 0.278. The number of aromatic nitrogens is 3. The number of Topliss-reactive ketones (excluding diaryl/α,β-unsaturated/α-hetero) is 1. The summed E-state index contributed by atoms with van der Waals surface area (Å²) in [6.07, 6.45) is 1.20. The van der Waals surface area contributed by atoms with E-state index in [4.69, 9.17) is 34.8 Å². The van der Waals surface area contributed by atoms with Gasteiger partial charge in [0.15, 0.2) is 5.65 Å². The maximum Gasteiger partial charge on any atom is 0.220 e. The van der Waals surface area contributed by atoms with Crippen molar-refractivity contribution in [1.29, 1.82) is 0 Å². The first-order chi connectivity index (χ1) is 13.8. The molecule has 3 aromatic rings. The van der Waals surface area contributed by atoms with Gasteiger partial charge in [-0.2, -0.15) is 0 Å². The average molecular weight is 454 g/mol. The summed E-state index contributed by atoms with van der Waals surface area (Å²) in [6.45, 7) is 1.75. The number of nitrogens with one attached hydrogen (secondary N) is 2. The van der Waals surface area contributed by atoms with Crippen molar-refractivity contribution in [3.63, 3.8) is 0 Å². The number of hydrogen-bond acceptors (Lipinski definition) is 4. The molecule has 2 N–H and O–H groups in total. The number of amides is 1. The number of carbonyl (C=O) groups is 2. The van der Waals surface area contributed by atoms with Gasteiger partial charge < -0.3 is 10.3 Å². The molecular formula is C20H19Cl3N4O2. The number of carbonyl (C=O) groups excluding carboxylic acids is 2. The third-order valence-corrected chi connectivity index (χ3v) is 5.01. The second-order valence-electron chi connectivity index (χ2n) is 6.62. The van der Waals surface area contributed by atoms with Crippen LogP contribution in [0.3, 0.4) is 0 Å². The van der Waals surface area contributed by atoms with Crippen LogP contribution in [0.15, 0.2) is 30.3 Å². The van der Waals surface area contributed by atoms with Gasteiger partial charge in [-0.3, -0.25) is 9.59 Å². The highest BCUT2D eigenvalue weighted by molar-refractivity contribution is 6.34. The largest absolute Gasteiger partial charge is 0.346 e. The van der Waals surface area contributed by atoms with E-state index >= 15 is 0 Å². The molecule has 0 aliphatic carbocycles. The molecule has 0 aliphatic heterocycles. The van der Waals surface area contributed by atoms with E-state index in [0.29, 0.717) is 51.4 Å². The predicted molar refractivity (Wildman–Crippen MR) is 114 cm³/mol. The van der Waals surface area contributed by atoms with Gasteiger partial charge in [0.1, 0.15) is 16.8 Å². The second kappa shape index (κ2) is 9.57. The first-order valence-electron chi connectivity index (χ1n) is 9.12. The zero-order chi connectivity index (χ0) is 21.0. The summed E-state index contributed by atoms with van der Waals surface area (Å²) >= 11 is 17.9. The molecule has 0 radical (unpaired) electrons. The maximum absolute atomic E-state index is 12.6. The van der Waals surface area contributed by atoms with Gasteiger partial charge in [-0.15, -0.1) is 0 Å². The number of nitrogens with zero attached hydrogens (tertiary/aromatic N) is 2. The number of rotatable bonds is 8. The van der Waals surface area contributed by atoms with Gasteiger partial charge in [0.25, 0.3) is 0 Å². The van der Waals surface area contributed by atoms with E-state index in [-0.39, 0.29) is 18.1 Å². The van der Waals surface area contributed by atoms with Crippen LogP contribution in [0.1, 0.15) is 43.6 Å². The second-order valence-corrected chi connectivity index (χ2v) is 7.88. The van der Waals surface area contributed by atoms with Crippen molar-refractivity contribution >= 4 is 57.7 Å². The van der Waals surface area contributed by atoms with Crippen LogP contribution in [0, 0.1) is 0 Å². The SMILES string of the molecule is CCC(=O)NC(CC(=O)CCc1cc(Cl)cc(Cl)c1)c1nc2nc(Cl)ccc2[nH]1. The molecule has 0 spiro atoms. The Balaban J connectivity index is 1.73. The minimum atomic E-state index is -0.578. The molecule has 0 saturated heterocycles. The molecule has 2 aromatic heterocycles. The number of imidazole rings is 1. The predicted octanol–water partition coefficient (Wildman–Crippen LogP) is 5.08. The average Bonchev–Trinajstić information content (AvgIpc) is 3.08. The summed E-state index contributed by atoms with van der Waals surface area (Å²) in [5, 5.41) is 4.23. The molecule has 1 aromatic carbocycles. The quantitative estimate of drug-likeness (QED) is 0.466. The molecule has 1 atom stereocenters. The highest BCUT2D eigenvalue weighted by Gasteiger charge is 2.21. The summed E-state index contributed by atoms with van der Waals surface area (Å²) < 4.78 is 0. The van der Waals surface area contributed by atoms with E-state index in [1.54, 1.807) is 37.3 Å². The zero-order valence-electron chi connectivity index (χ0n) is 15.6. The lowest BCUT2D eigenvalue weighted by molar-refractivity contribution is -0.122. The third-order valence-electron chi connectivity index (χ3n) is 4.36. The zero-order valence-corrected chi connectivity index (χ0v) is 17.9. The number of aromatic amines is 1. The fraction of sp³-hybridized carbons (Fsp3) is 0.300.